The molecule has 0 bridgehead atoms. The first-order valence-electron chi connectivity index (χ1n) is 9.39. The lowest BCUT2D eigenvalue weighted by atomic mass is 10.1. The van der Waals surface area contributed by atoms with E-state index in [4.69, 9.17) is 4.74 Å². The Balaban J connectivity index is 1.70. The molecule has 2 N–H and O–H groups in total. The van der Waals surface area contributed by atoms with Crippen LogP contribution in [0.2, 0.25) is 0 Å². The van der Waals surface area contributed by atoms with Gasteiger partial charge < -0.3 is 15.4 Å². The highest BCUT2D eigenvalue weighted by molar-refractivity contribution is 5.58. The predicted molar refractivity (Wildman–Crippen MR) is 109 cm³/mol. The van der Waals surface area contributed by atoms with Crippen molar-refractivity contribution in [3.05, 3.63) is 58.7 Å². The van der Waals surface area contributed by atoms with E-state index in [1.54, 1.807) is 0 Å². The number of para-hydroxylation sites is 2. The summed E-state index contributed by atoms with van der Waals surface area (Å²) in [6.07, 6.45) is 2.09. The molecule has 0 spiro atoms. The zero-order valence-corrected chi connectivity index (χ0v) is 16.1. The van der Waals surface area contributed by atoms with Crippen LogP contribution in [-0.2, 0) is 17.6 Å². The van der Waals surface area contributed by atoms with E-state index in [-0.39, 0.29) is 0 Å². The van der Waals surface area contributed by atoms with Gasteiger partial charge in [-0.1, -0.05) is 50.2 Å². The summed E-state index contributed by atoms with van der Waals surface area (Å²) in [5, 5.41) is 7.05. The van der Waals surface area contributed by atoms with E-state index >= 15 is 0 Å². The lowest BCUT2D eigenvalue weighted by Gasteiger charge is -2.15. The minimum absolute atomic E-state index is 0.716. The first-order chi connectivity index (χ1) is 12.2. The first kappa shape index (κ1) is 19.3. The molecule has 3 heteroatoms. The smallest absolute Gasteiger partial charge is 0.0639 e. The Morgan fingerprint density at radius 2 is 1.16 bits per heavy atom. The largest absolute Gasteiger partial charge is 0.382 e. The van der Waals surface area contributed by atoms with Gasteiger partial charge in [0.25, 0.3) is 0 Å². The van der Waals surface area contributed by atoms with Crippen LogP contribution in [0.4, 0.5) is 11.4 Å². The van der Waals surface area contributed by atoms with Crippen molar-refractivity contribution in [3.63, 3.8) is 0 Å². The van der Waals surface area contributed by atoms with Gasteiger partial charge in [-0.05, 0) is 48.9 Å². The average molecular weight is 341 g/mol. The summed E-state index contributed by atoms with van der Waals surface area (Å²) in [7, 11) is 0. The maximum absolute atomic E-state index is 5.78. The number of aryl methyl sites for hydroxylation is 4. The molecule has 0 heterocycles. The molecule has 0 atom stereocenters. The summed E-state index contributed by atoms with van der Waals surface area (Å²) >= 11 is 0. The third kappa shape index (κ3) is 5.50. The van der Waals surface area contributed by atoms with E-state index in [2.05, 4.69) is 74.7 Å². The molecular weight excluding hydrogens is 308 g/mol. The first-order valence-corrected chi connectivity index (χ1v) is 9.39. The van der Waals surface area contributed by atoms with Crippen molar-refractivity contribution in [2.75, 3.05) is 36.9 Å². The fraction of sp³-hybridized carbons (Fsp3) is 0.455. The molecule has 0 aliphatic heterocycles. The molecular formula is C22H32N2O. The van der Waals surface area contributed by atoms with E-state index in [0.29, 0.717) is 13.2 Å². The quantitative estimate of drug-likeness (QED) is 0.599. The lowest BCUT2D eigenvalue weighted by Crippen LogP contribution is -2.16. The average Bonchev–Trinajstić information content (AvgIpc) is 2.62. The Labute approximate surface area is 152 Å². The fourth-order valence-electron chi connectivity index (χ4n) is 3.15. The molecule has 25 heavy (non-hydrogen) atoms. The van der Waals surface area contributed by atoms with Crippen LogP contribution in [0.3, 0.4) is 0 Å². The van der Waals surface area contributed by atoms with Crippen LogP contribution >= 0.6 is 0 Å². The number of nitrogens with one attached hydrogen (secondary N) is 2. The Kier molecular flexibility index (Phi) is 7.80. The molecule has 2 aromatic carbocycles. The molecule has 0 aliphatic carbocycles. The molecule has 2 aromatic rings. The minimum Gasteiger partial charge on any atom is -0.382 e. The van der Waals surface area contributed by atoms with Crippen molar-refractivity contribution >= 4 is 11.4 Å². The Hall–Kier alpha value is -2.00. The number of hydrogen-bond donors (Lipinski definition) is 2. The number of benzene rings is 2. The summed E-state index contributed by atoms with van der Waals surface area (Å²) in [5.41, 5.74) is 7.86. The second kappa shape index (κ2) is 10.1. The van der Waals surface area contributed by atoms with Crippen LogP contribution in [0, 0.1) is 13.8 Å². The number of anilines is 2. The van der Waals surface area contributed by atoms with Crippen LogP contribution < -0.4 is 10.6 Å². The van der Waals surface area contributed by atoms with Crippen LogP contribution in [-0.4, -0.2) is 26.3 Å². The van der Waals surface area contributed by atoms with Crippen LogP contribution in [0.5, 0.6) is 0 Å². The minimum atomic E-state index is 0.716. The highest BCUT2D eigenvalue weighted by atomic mass is 16.5. The Bertz CT molecular complexity index is 610. The van der Waals surface area contributed by atoms with Crippen LogP contribution in [0.1, 0.15) is 36.1 Å². The van der Waals surface area contributed by atoms with E-state index in [1.165, 1.54) is 33.6 Å². The van der Waals surface area contributed by atoms with Crippen molar-refractivity contribution in [1.29, 1.82) is 0 Å². The number of hydrogen-bond acceptors (Lipinski definition) is 3. The van der Waals surface area contributed by atoms with Crippen LogP contribution in [0.25, 0.3) is 0 Å². The molecule has 0 aliphatic rings. The fourth-order valence-corrected chi connectivity index (χ4v) is 3.15. The van der Waals surface area contributed by atoms with E-state index in [1.807, 2.05) is 0 Å². The molecule has 0 unspecified atom stereocenters. The second-order valence-electron chi connectivity index (χ2n) is 6.39. The molecule has 0 saturated heterocycles. The van der Waals surface area contributed by atoms with Crippen molar-refractivity contribution < 1.29 is 4.74 Å². The van der Waals surface area contributed by atoms with Gasteiger partial charge in [-0.15, -0.1) is 0 Å². The topological polar surface area (TPSA) is 33.3 Å². The molecule has 0 saturated carbocycles. The van der Waals surface area contributed by atoms with Crippen LogP contribution in [0.15, 0.2) is 36.4 Å². The highest BCUT2D eigenvalue weighted by Crippen LogP contribution is 2.21. The van der Waals surface area contributed by atoms with Gasteiger partial charge >= 0.3 is 0 Å². The molecule has 3 nitrogen and oxygen atoms in total. The second-order valence-corrected chi connectivity index (χ2v) is 6.39. The summed E-state index contributed by atoms with van der Waals surface area (Å²) in [5.74, 6) is 0. The van der Waals surface area contributed by atoms with E-state index in [9.17, 15) is 0 Å². The highest BCUT2D eigenvalue weighted by Gasteiger charge is 2.04. The maximum atomic E-state index is 5.78. The summed E-state index contributed by atoms with van der Waals surface area (Å²) in [6.45, 7) is 11.8. The lowest BCUT2D eigenvalue weighted by molar-refractivity contribution is 0.154. The summed E-state index contributed by atoms with van der Waals surface area (Å²) in [6, 6.07) is 12.9. The van der Waals surface area contributed by atoms with Gasteiger partial charge in [0, 0.05) is 24.5 Å². The monoisotopic (exact) mass is 340 g/mol. The van der Waals surface area contributed by atoms with Crippen molar-refractivity contribution in [3.8, 4) is 0 Å². The van der Waals surface area contributed by atoms with Gasteiger partial charge in [0.1, 0.15) is 0 Å². The Morgan fingerprint density at radius 1 is 0.720 bits per heavy atom. The van der Waals surface area contributed by atoms with Crippen molar-refractivity contribution in [2.45, 2.75) is 40.5 Å². The van der Waals surface area contributed by atoms with Gasteiger partial charge in [0.2, 0.25) is 0 Å². The molecule has 0 aromatic heterocycles. The molecule has 136 valence electrons. The summed E-state index contributed by atoms with van der Waals surface area (Å²) < 4.78 is 5.78. The van der Waals surface area contributed by atoms with E-state index < -0.39 is 0 Å². The Morgan fingerprint density at radius 3 is 1.56 bits per heavy atom. The third-order valence-electron chi connectivity index (χ3n) is 4.58. The predicted octanol–water partition coefficient (Wildman–Crippen LogP) is 4.97. The van der Waals surface area contributed by atoms with Crippen molar-refractivity contribution in [1.82, 2.24) is 0 Å². The van der Waals surface area contributed by atoms with E-state index in [0.717, 1.165) is 25.9 Å². The zero-order chi connectivity index (χ0) is 18.1. The number of ether oxygens (including phenoxy) is 1. The maximum Gasteiger partial charge on any atom is 0.0639 e. The normalized spacial score (nSPS) is 10.7. The van der Waals surface area contributed by atoms with Gasteiger partial charge in [-0.3, -0.25) is 0 Å². The molecule has 0 amide bonds. The van der Waals surface area contributed by atoms with Gasteiger partial charge in [0.15, 0.2) is 0 Å². The molecule has 2 rings (SSSR count). The SMILES string of the molecule is CCc1cccc(C)c1NCCOCCNc1c(C)cccc1CC. The third-order valence-corrected chi connectivity index (χ3v) is 4.58. The molecule has 0 radical (unpaired) electrons. The summed E-state index contributed by atoms with van der Waals surface area (Å²) in [4.78, 5) is 0. The zero-order valence-electron chi connectivity index (χ0n) is 16.1. The van der Waals surface area contributed by atoms with Crippen molar-refractivity contribution in [2.24, 2.45) is 0 Å². The number of rotatable bonds is 10. The van der Waals surface area contributed by atoms with Gasteiger partial charge in [-0.25, -0.2) is 0 Å². The molecule has 0 fully saturated rings. The van der Waals surface area contributed by atoms with Gasteiger partial charge in [-0.2, -0.15) is 0 Å². The standard InChI is InChI=1S/C22H32N2O/c1-5-19-11-7-9-17(3)21(19)23-13-15-25-16-14-24-22-18(4)10-8-12-20(22)6-2/h7-12,23-24H,5-6,13-16H2,1-4H3. The van der Waals surface area contributed by atoms with Gasteiger partial charge in [0.05, 0.1) is 13.2 Å².